The molecule has 1 saturated heterocycles. The van der Waals surface area contributed by atoms with E-state index in [0.717, 1.165) is 18.9 Å². The van der Waals surface area contributed by atoms with E-state index in [1.54, 1.807) is 12.5 Å². The van der Waals surface area contributed by atoms with E-state index in [0.29, 0.717) is 24.3 Å². The number of anilines is 1. The molecule has 2 aromatic heterocycles. The van der Waals surface area contributed by atoms with Gasteiger partial charge in [0.25, 0.3) is 0 Å². The van der Waals surface area contributed by atoms with Crippen molar-refractivity contribution in [1.82, 2.24) is 15.0 Å². The number of aromatic nitrogens is 3. The van der Waals surface area contributed by atoms with Crippen molar-refractivity contribution in [1.29, 1.82) is 0 Å². The van der Waals surface area contributed by atoms with Crippen LogP contribution in [-0.2, 0) is 0 Å². The van der Waals surface area contributed by atoms with Crippen molar-refractivity contribution in [3.8, 4) is 5.88 Å². The maximum atomic E-state index is 5.83. The van der Waals surface area contributed by atoms with Crippen molar-refractivity contribution >= 4 is 5.82 Å². The van der Waals surface area contributed by atoms with Gasteiger partial charge < -0.3 is 9.64 Å². The summed E-state index contributed by atoms with van der Waals surface area (Å²) in [6, 6.07) is 7.95. The smallest absolute Gasteiger partial charge is 0.213 e. The molecule has 0 amide bonds. The Balaban J connectivity index is 1.37. The monoisotopic (exact) mass is 310 g/mol. The lowest BCUT2D eigenvalue weighted by molar-refractivity contribution is 0.221. The molecule has 4 rings (SSSR count). The van der Waals surface area contributed by atoms with Crippen molar-refractivity contribution in [2.75, 3.05) is 24.6 Å². The topological polar surface area (TPSA) is 51.1 Å². The normalized spacial score (nSPS) is 21.2. The number of piperidine rings is 1. The number of hydrogen-bond acceptors (Lipinski definition) is 5. The Morgan fingerprint density at radius 2 is 2.09 bits per heavy atom. The minimum Gasteiger partial charge on any atom is -0.477 e. The van der Waals surface area contributed by atoms with E-state index in [2.05, 4.69) is 25.9 Å². The molecule has 1 unspecified atom stereocenters. The Kier molecular flexibility index (Phi) is 4.09. The van der Waals surface area contributed by atoms with Crippen LogP contribution in [0.3, 0.4) is 0 Å². The van der Waals surface area contributed by atoms with Gasteiger partial charge in [-0.25, -0.2) is 15.0 Å². The summed E-state index contributed by atoms with van der Waals surface area (Å²) in [6.45, 7) is 2.78. The second-order valence-electron chi connectivity index (χ2n) is 6.51. The van der Waals surface area contributed by atoms with Gasteiger partial charge in [0.15, 0.2) is 0 Å². The molecule has 23 heavy (non-hydrogen) atoms. The first kappa shape index (κ1) is 14.4. The fourth-order valence-corrected chi connectivity index (χ4v) is 3.18. The standard InChI is InChI=1S/C18H22N4O/c1-2-8-19-18(5-1)23-12-14-4-3-9-22(11-14)17-10-16(15-6-7-15)20-13-21-17/h1-2,5,8,10,13-15H,3-4,6-7,9,11-12H2. The first-order valence-corrected chi connectivity index (χ1v) is 8.49. The van der Waals surface area contributed by atoms with Gasteiger partial charge in [0, 0.05) is 48.9 Å². The van der Waals surface area contributed by atoms with Crippen LogP contribution in [0.2, 0.25) is 0 Å². The number of rotatable bonds is 5. The highest BCUT2D eigenvalue weighted by molar-refractivity contribution is 5.41. The van der Waals surface area contributed by atoms with Crippen molar-refractivity contribution in [2.45, 2.75) is 31.6 Å². The second-order valence-corrected chi connectivity index (χ2v) is 6.51. The van der Waals surface area contributed by atoms with Crippen molar-refractivity contribution < 1.29 is 4.74 Å². The number of hydrogen-bond donors (Lipinski definition) is 0. The summed E-state index contributed by atoms with van der Waals surface area (Å²) in [5.74, 6) is 2.97. The predicted octanol–water partition coefficient (Wildman–Crippen LogP) is 3.04. The summed E-state index contributed by atoms with van der Waals surface area (Å²) < 4.78 is 5.83. The summed E-state index contributed by atoms with van der Waals surface area (Å²) in [6.07, 6.45) is 8.41. The molecular weight excluding hydrogens is 288 g/mol. The van der Waals surface area contributed by atoms with Gasteiger partial charge in [0.2, 0.25) is 5.88 Å². The Labute approximate surface area is 136 Å². The molecule has 1 saturated carbocycles. The third-order valence-corrected chi connectivity index (χ3v) is 4.62. The van der Waals surface area contributed by atoms with Crippen LogP contribution in [0.4, 0.5) is 5.82 Å². The Hall–Kier alpha value is -2.17. The van der Waals surface area contributed by atoms with E-state index in [4.69, 9.17) is 4.74 Å². The van der Waals surface area contributed by atoms with E-state index in [1.807, 2.05) is 18.2 Å². The summed E-state index contributed by atoms with van der Waals surface area (Å²) in [7, 11) is 0. The lowest BCUT2D eigenvalue weighted by Crippen LogP contribution is -2.38. The molecule has 2 fully saturated rings. The van der Waals surface area contributed by atoms with Gasteiger partial charge in [-0.15, -0.1) is 0 Å². The number of ether oxygens (including phenoxy) is 1. The van der Waals surface area contributed by atoms with E-state index in [9.17, 15) is 0 Å². The molecule has 5 heteroatoms. The highest BCUT2D eigenvalue weighted by atomic mass is 16.5. The average molecular weight is 310 g/mol. The van der Waals surface area contributed by atoms with Crippen LogP contribution in [0.5, 0.6) is 5.88 Å². The predicted molar refractivity (Wildman–Crippen MR) is 88.7 cm³/mol. The Morgan fingerprint density at radius 1 is 1.13 bits per heavy atom. The summed E-state index contributed by atoms with van der Waals surface area (Å²) >= 11 is 0. The molecule has 2 aliphatic rings. The molecule has 0 bridgehead atoms. The van der Waals surface area contributed by atoms with Crippen LogP contribution in [0, 0.1) is 5.92 Å². The van der Waals surface area contributed by atoms with Gasteiger partial charge in [0.1, 0.15) is 12.1 Å². The number of nitrogens with zero attached hydrogens (tertiary/aromatic N) is 4. The van der Waals surface area contributed by atoms with Crippen molar-refractivity contribution in [2.24, 2.45) is 5.92 Å². The summed E-state index contributed by atoms with van der Waals surface area (Å²) in [5, 5.41) is 0. The van der Waals surface area contributed by atoms with Gasteiger partial charge in [0.05, 0.1) is 6.61 Å². The first-order chi connectivity index (χ1) is 11.4. The molecule has 0 N–H and O–H groups in total. The summed E-state index contributed by atoms with van der Waals surface area (Å²) in [5.41, 5.74) is 1.21. The molecule has 5 nitrogen and oxygen atoms in total. The second kappa shape index (κ2) is 6.52. The van der Waals surface area contributed by atoms with E-state index >= 15 is 0 Å². The van der Waals surface area contributed by atoms with E-state index < -0.39 is 0 Å². The zero-order valence-corrected chi connectivity index (χ0v) is 13.3. The van der Waals surface area contributed by atoms with E-state index in [1.165, 1.54) is 31.4 Å². The maximum Gasteiger partial charge on any atom is 0.213 e. The van der Waals surface area contributed by atoms with Crippen LogP contribution >= 0.6 is 0 Å². The molecule has 120 valence electrons. The maximum absolute atomic E-state index is 5.83. The van der Waals surface area contributed by atoms with Gasteiger partial charge in [-0.3, -0.25) is 0 Å². The lowest BCUT2D eigenvalue weighted by Gasteiger charge is -2.33. The zero-order valence-electron chi connectivity index (χ0n) is 13.3. The SMILES string of the molecule is c1ccc(OCC2CCCN(c3cc(C4CC4)ncn3)C2)nc1. The molecular formula is C18H22N4O. The van der Waals surface area contributed by atoms with Crippen LogP contribution in [0.1, 0.15) is 37.3 Å². The van der Waals surface area contributed by atoms with Gasteiger partial charge in [-0.2, -0.15) is 0 Å². The molecule has 3 heterocycles. The molecule has 1 atom stereocenters. The van der Waals surface area contributed by atoms with Crippen LogP contribution in [0.25, 0.3) is 0 Å². The fourth-order valence-electron chi connectivity index (χ4n) is 3.18. The van der Waals surface area contributed by atoms with E-state index in [-0.39, 0.29) is 0 Å². The van der Waals surface area contributed by atoms with Crippen LogP contribution < -0.4 is 9.64 Å². The largest absolute Gasteiger partial charge is 0.477 e. The first-order valence-electron chi connectivity index (χ1n) is 8.49. The van der Waals surface area contributed by atoms with Crippen LogP contribution in [-0.4, -0.2) is 34.6 Å². The van der Waals surface area contributed by atoms with Crippen molar-refractivity contribution in [3.63, 3.8) is 0 Å². The number of pyridine rings is 1. The van der Waals surface area contributed by atoms with Gasteiger partial charge in [-0.05, 0) is 31.7 Å². The minimum absolute atomic E-state index is 0.519. The molecule has 1 aliphatic carbocycles. The summed E-state index contributed by atoms with van der Waals surface area (Å²) in [4.78, 5) is 15.5. The third kappa shape index (κ3) is 3.60. The molecule has 2 aromatic rings. The quantitative estimate of drug-likeness (QED) is 0.849. The molecule has 0 spiro atoms. The van der Waals surface area contributed by atoms with Gasteiger partial charge in [-0.1, -0.05) is 6.07 Å². The van der Waals surface area contributed by atoms with Crippen molar-refractivity contribution in [3.05, 3.63) is 42.5 Å². The fraction of sp³-hybridized carbons (Fsp3) is 0.500. The Bertz CT molecular complexity index is 644. The third-order valence-electron chi connectivity index (χ3n) is 4.62. The Morgan fingerprint density at radius 3 is 2.91 bits per heavy atom. The molecule has 0 radical (unpaired) electrons. The average Bonchev–Trinajstić information content (AvgIpc) is 3.46. The highest BCUT2D eigenvalue weighted by Crippen LogP contribution is 2.39. The minimum atomic E-state index is 0.519. The zero-order chi connectivity index (χ0) is 15.5. The molecule has 0 aromatic carbocycles. The highest BCUT2D eigenvalue weighted by Gasteiger charge is 2.27. The molecule has 1 aliphatic heterocycles. The lowest BCUT2D eigenvalue weighted by atomic mass is 9.99. The van der Waals surface area contributed by atoms with Crippen LogP contribution in [0.15, 0.2) is 36.8 Å². The van der Waals surface area contributed by atoms with Gasteiger partial charge >= 0.3 is 0 Å².